The topological polar surface area (TPSA) is 66.4 Å². The summed E-state index contributed by atoms with van der Waals surface area (Å²) in [6, 6.07) is 8.66. The molecule has 0 saturated heterocycles. The van der Waals surface area contributed by atoms with Crippen LogP contribution in [0.3, 0.4) is 0 Å². The molecular weight excluding hydrogens is 456 g/mol. The van der Waals surface area contributed by atoms with E-state index in [0.717, 1.165) is 20.2 Å². The van der Waals surface area contributed by atoms with Crippen molar-refractivity contribution in [2.45, 2.75) is 0 Å². The Bertz CT molecular complexity index is 736. The van der Waals surface area contributed by atoms with Gasteiger partial charge in [0.15, 0.2) is 0 Å². The molecule has 0 saturated carbocycles. The highest BCUT2D eigenvalue weighted by atomic mass is 127. The van der Waals surface area contributed by atoms with E-state index in [1.165, 1.54) is 6.07 Å². The van der Waals surface area contributed by atoms with Crippen LogP contribution in [0.1, 0.15) is 20.7 Å². The number of amides is 1. The Balaban J connectivity index is 2.26. The normalized spacial score (nSPS) is 10.2. The van der Waals surface area contributed by atoms with Crippen LogP contribution in [-0.4, -0.2) is 17.0 Å². The lowest BCUT2D eigenvalue weighted by Gasteiger charge is -2.08. The number of nitrogens with one attached hydrogen (secondary N) is 1. The van der Waals surface area contributed by atoms with Gasteiger partial charge < -0.3 is 10.4 Å². The molecular formula is C14H8BrFINO3. The molecule has 4 nitrogen and oxygen atoms in total. The van der Waals surface area contributed by atoms with E-state index in [9.17, 15) is 14.0 Å². The maximum atomic E-state index is 13.6. The largest absolute Gasteiger partial charge is 0.478 e. The van der Waals surface area contributed by atoms with Crippen LogP contribution in [0.4, 0.5) is 10.1 Å². The molecule has 2 rings (SSSR count). The van der Waals surface area contributed by atoms with Crippen molar-refractivity contribution in [1.29, 1.82) is 0 Å². The average Bonchev–Trinajstić information content (AvgIpc) is 2.41. The van der Waals surface area contributed by atoms with E-state index >= 15 is 0 Å². The quantitative estimate of drug-likeness (QED) is 0.672. The van der Waals surface area contributed by atoms with E-state index in [1.54, 1.807) is 18.2 Å². The van der Waals surface area contributed by atoms with E-state index in [0.29, 0.717) is 5.56 Å². The van der Waals surface area contributed by atoms with Crippen molar-refractivity contribution in [3.8, 4) is 0 Å². The molecule has 0 heterocycles. The predicted molar refractivity (Wildman–Crippen MR) is 88.2 cm³/mol. The van der Waals surface area contributed by atoms with E-state index in [2.05, 4.69) is 21.2 Å². The van der Waals surface area contributed by atoms with E-state index in [4.69, 9.17) is 5.11 Å². The van der Waals surface area contributed by atoms with Gasteiger partial charge in [-0.2, -0.15) is 0 Å². The van der Waals surface area contributed by atoms with Crippen molar-refractivity contribution in [1.82, 2.24) is 0 Å². The maximum absolute atomic E-state index is 13.6. The van der Waals surface area contributed by atoms with Gasteiger partial charge in [-0.25, -0.2) is 9.18 Å². The number of hydrogen-bond acceptors (Lipinski definition) is 2. The molecule has 0 aliphatic heterocycles. The molecule has 21 heavy (non-hydrogen) atoms. The molecule has 0 aliphatic carbocycles. The van der Waals surface area contributed by atoms with Crippen LogP contribution in [0, 0.1) is 9.39 Å². The van der Waals surface area contributed by atoms with E-state index in [-0.39, 0.29) is 5.69 Å². The third-order valence-corrected chi connectivity index (χ3v) is 4.06. The van der Waals surface area contributed by atoms with Crippen molar-refractivity contribution in [2.75, 3.05) is 5.32 Å². The van der Waals surface area contributed by atoms with Crippen LogP contribution in [-0.2, 0) is 0 Å². The lowest BCUT2D eigenvalue weighted by molar-refractivity contribution is 0.0692. The van der Waals surface area contributed by atoms with Crippen molar-refractivity contribution in [3.05, 3.63) is 61.4 Å². The predicted octanol–water partition coefficient (Wildman–Crippen LogP) is 4.14. The third-order valence-electron chi connectivity index (χ3n) is 2.63. The van der Waals surface area contributed by atoms with Crippen LogP contribution < -0.4 is 5.32 Å². The first kappa shape index (κ1) is 15.9. The number of benzene rings is 2. The molecule has 7 heteroatoms. The first-order chi connectivity index (χ1) is 9.88. The number of hydrogen-bond donors (Lipinski definition) is 2. The summed E-state index contributed by atoms with van der Waals surface area (Å²) in [5.74, 6) is -2.65. The molecule has 0 bridgehead atoms. The fourth-order valence-electron chi connectivity index (χ4n) is 1.64. The average molecular weight is 464 g/mol. The second-order valence-electron chi connectivity index (χ2n) is 4.08. The third kappa shape index (κ3) is 3.79. The minimum absolute atomic E-state index is 0.193. The first-order valence-corrected chi connectivity index (χ1v) is 7.55. The highest BCUT2D eigenvalue weighted by Gasteiger charge is 2.14. The maximum Gasteiger partial charge on any atom is 0.338 e. The van der Waals surface area contributed by atoms with Gasteiger partial charge >= 0.3 is 5.97 Å². The molecule has 0 fully saturated rings. The SMILES string of the molecule is O=C(O)c1ccc(NC(=O)c2cc(Br)ccc2I)cc1F. The lowest BCUT2D eigenvalue weighted by Crippen LogP contribution is -2.14. The Hall–Kier alpha value is -1.48. The molecule has 2 N–H and O–H groups in total. The zero-order chi connectivity index (χ0) is 15.6. The summed E-state index contributed by atoms with van der Waals surface area (Å²) in [6.07, 6.45) is 0. The standard InChI is InChI=1S/C14H8BrFINO3/c15-7-1-4-12(17)10(5-7)13(19)18-8-2-3-9(14(20)21)11(16)6-8/h1-6H,(H,18,19)(H,20,21). The van der Waals surface area contributed by atoms with Gasteiger partial charge in [0.2, 0.25) is 0 Å². The summed E-state index contributed by atoms with van der Waals surface area (Å²) in [4.78, 5) is 22.9. The lowest BCUT2D eigenvalue weighted by atomic mass is 10.1. The minimum Gasteiger partial charge on any atom is -0.478 e. The fourth-order valence-corrected chi connectivity index (χ4v) is 2.58. The van der Waals surface area contributed by atoms with Crippen LogP contribution in [0.2, 0.25) is 0 Å². The van der Waals surface area contributed by atoms with Crippen LogP contribution in [0.5, 0.6) is 0 Å². The highest BCUT2D eigenvalue weighted by Crippen LogP contribution is 2.21. The Labute approximate surface area is 141 Å². The van der Waals surface area contributed by atoms with Gasteiger partial charge in [0.1, 0.15) is 5.82 Å². The van der Waals surface area contributed by atoms with Crippen molar-refractivity contribution >= 4 is 56.1 Å². The molecule has 0 aliphatic rings. The molecule has 0 unspecified atom stereocenters. The summed E-state index contributed by atoms with van der Waals surface area (Å²) in [6.45, 7) is 0. The Morgan fingerprint density at radius 1 is 1.14 bits per heavy atom. The Morgan fingerprint density at radius 3 is 2.48 bits per heavy atom. The zero-order valence-electron chi connectivity index (χ0n) is 10.4. The van der Waals surface area contributed by atoms with Crippen molar-refractivity contribution < 1.29 is 19.1 Å². The molecule has 0 spiro atoms. The van der Waals surface area contributed by atoms with E-state index < -0.39 is 23.3 Å². The molecule has 0 aromatic heterocycles. The number of anilines is 1. The summed E-state index contributed by atoms with van der Waals surface area (Å²) in [7, 11) is 0. The molecule has 0 atom stereocenters. The number of carbonyl (C=O) groups excluding carboxylic acids is 1. The summed E-state index contributed by atoms with van der Waals surface area (Å²) in [5, 5.41) is 11.3. The fraction of sp³-hybridized carbons (Fsp3) is 0. The van der Waals surface area contributed by atoms with Crippen LogP contribution in [0.25, 0.3) is 0 Å². The zero-order valence-corrected chi connectivity index (χ0v) is 14.1. The van der Waals surface area contributed by atoms with Gasteiger partial charge in [-0.05, 0) is 59.0 Å². The van der Waals surface area contributed by atoms with Gasteiger partial charge in [-0.3, -0.25) is 4.79 Å². The Morgan fingerprint density at radius 2 is 1.86 bits per heavy atom. The van der Waals surface area contributed by atoms with Crippen molar-refractivity contribution in [2.24, 2.45) is 0 Å². The summed E-state index contributed by atoms with van der Waals surface area (Å²) < 4.78 is 15.1. The van der Waals surface area contributed by atoms with Gasteiger partial charge in [-0.1, -0.05) is 15.9 Å². The number of carboxylic acids is 1. The monoisotopic (exact) mass is 463 g/mol. The number of halogens is 3. The van der Waals surface area contributed by atoms with E-state index in [1.807, 2.05) is 22.6 Å². The van der Waals surface area contributed by atoms with Gasteiger partial charge in [0.05, 0.1) is 11.1 Å². The molecule has 2 aromatic carbocycles. The molecule has 1 amide bonds. The Kier molecular flexibility index (Phi) is 4.94. The number of rotatable bonds is 3. The molecule has 2 aromatic rings. The second kappa shape index (κ2) is 6.52. The first-order valence-electron chi connectivity index (χ1n) is 5.67. The smallest absolute Gasteiger partial charge is 0.338 e. The van der Waals surface area contributed by atoms with Gasteiger partial charge in [-0.15, -0.1) is 0 Å². The van der Waals surface area contributed by atoms with Crippen LogP contribution in [0.15, 0.2) is 40.9 Å². The summed E-state index contributed by atoms with van der Waals surface area (Å²) in [5.41, 5.74) is 0.191. The number of carbonyl (C=O) groups is 2. The number of carboxylic acid groups (broad SMARTS) is 1. The van der Waals surface area contributed by atoms with Gasteiger partial charge in [0.25, 0.3) is 5.91 Å². The highest BCUT2D eigenvalue weighted by molar-refractivity contribution is 14.1. The summed E-state index contributed by atoms with van der Waals surface area (Å²) >= 11 is 5.30. The van der Waals surface area contributed by atoms with Crippen LogP contribution >= 0.6 is 38.5 Å². The minimum atomic E-state index is -1.35. The molecule has 0 radical (unpaired) electrons. The number of aromatic carboxylic acids is 1. The van der Waals surface area contributed by atoms with Crippen molar-refractivity contribution in [3.63, 3.8) is 0 Å². The van der Waals surface area contributed by atoms with Gasteiger partial charge in [0, 0.05) is 13.7 Å². The second-order valence-corrected chi connectivity index (χ2v) is 6.16. The molecule has 108 valence electrons.